The molecule has 1 unspecified atom stereocenters. The highest BCUT2D eigenvalue weighted by Crippen LogP contribution is 2.22. The summed E-state index contributed by atoms with van der Waals surface area (Å²) in [6.07, 6.45) is 1.54. The van der Waals surface area contributed by atoms with Crippen LogP contribution in [0.25, 0.3) is 0 Å². The van der Waals surface area contributed by atoms with E-state index in [0.29, 0.717) is 18.1 Å². The van der Waals surface area contributed by atoms with E-state index in [1.807, 2.05) is 6.92 Å². The van der Waals surface area contributed by atoms with E-state index in [4.69, 9.17) is 5.73 Å². The van der Waals surface area contributed by atoms with Crippen LogP contribution in [0, 0.1) is 0 Å². The number of anilines is 2. The molecular formula is C10H15BrN4O. The second kappa shape index (κ2) is 5.69. The lowest BCUT2D eigenvalue weighted by molar-refractivity contribution is -0.121. The predicted molar refractivity (Wildman–Crippen MR) is 68.1 cm³/mol. The Morgan fingerprint density at radius 3 is 2.94 bits per heavy atom. The maximum Gasteiger partial charge on any atom is 0.242 e. The van der Waals surface area contributed by atoms with Crippen molar-refractivity contribution in [1.29, 1.82) is 0 Å². The van der Waals surface area contributed by atoms with Crippen LogP contribution in [0.4, 0.5) is 11.5 Å². The van der Waals surface area contributed by atoms with E-state index in [0.717, 1.165) is 4.47 Å². The van der Waals surface area contributed by atoms with Crippen molar-refractivity contribution in [3.63, 3.8) is 0 Å². The third-order valence-electron chi connectivity index (χ3n) is 1.96. The number of carbonyl (C=O) groups is 1. The molecule has 16 heavy (non-hydrogen) atoms. The van der Waals surface area contributed by atoms with Gasteiger partial charge in [-0.05, 0) is 35.8 Å². The Balaban J connectivity index is 2.69. The van der Waals surface area contributed by atoms with Crippen LogP contribution in [-0.2, 0) is 4.79 Å². The largest absolute Gasteiger partial charge is 0.397 e. The van der Waals surface area contributed by atoms with Crippen LogP contribution < -0.4 is 16.4 Å². The Morgan fingerprint density at radius 2 is 2.38 bits per heavy atom. The van der Waals surface area contributed by atoms with Gasteiger partial charge < -0.3 is 16.4 Å². The average Bonchev–Trinajstić information content (AvgIpc) is 2.22. The molecule has 1 heterocycles. The minimum absolute atomic E-state index is 0.0620. The number of nitrogens with two attached hydrogens (primary N) is 1. The molecule has 0 radical (unpaired) electrons. The number of amides is 1. The van der Waals surface area contributed by atoms with Crippen LogP contribution in [-0.4, -0.2) is 23.5 Å². The van der Waals surface area contributed by atoms with Gasteiger partial charge in [0.1, 0.15) is 11.9 Å². The number of aromatic nitrogens is 1. The molecule has 0 spiro atoms. The second-order valence-electron chi connectivity index (χ2n) is 3.36. The molecule has 0 aliphatic rings. The summed E-state index contributed by atoms with van der Waals surface area (Å²) < 4.78 is 0.739. The first-order chi connectivity index (χ1) is 7.54. The van der Waals surface area contributed by atoms with Gasteiger partial charge in [-0.1, -0.05) is 0 Å². The molecule has 0 aromatic carbocycles. The number of hydrogen-bond donors (Lipinski definition) is 3. The molecule has 5 nitrogen and oxygen atoms in total. The fraction of sp³-hybridized carbons (Fsp3) is 0.400. The number of nitrogens with one attached hydrogen (secondary N) is 2. The zero-order valence-corrected chi connectivity index (χ0v) is 10.8. The molecule has 1 aromatic rings. The van der Waals surface area contributed by atoms with Gasteiger partial charge in [0.2, 0.25) is 5.91 Å². The zero-order valence-electron chi connectivity index (χ0n) is 9.25. The molecule has 1 rings (SSSR count). The Kier molecular flexibility index (Phi) is 4.54. The first kappa shape index (κ1) is 12.8. The summed E-state index contributed by atoms with van der Waals surface area (Å²) in [5.74, 6) is 0.543. The number of nitrogen functional groups attached to an aromatic ring is 1. The van der Waals surface area contributed by atoms with Gasteiger partial charge in [0.25, 0.3) is 0 Å². The summed E-state index contributed by atoms with van der Waals surface area (Å²) in [5, 5.41) is 5.72. The minimum atomic E-state index is -0.340. The fourth-order valence-electron chi connectivity index (χ4n) is 1.16. The highest BCUT2D eigenvalue weighted by Gasteiger charge is 2.13. The molecule has 0 saturated carbocycles. The molecule has 0 fully saturated rings. The molecule has 1 atom stereocenters. The van der Waals surface area contributed by atoms with Crippen molar-refractivity contribution < 1.29 is 4.79 Å². The monoisotopic (exact) mass is 286 g/mol. The van der Waals surface area contributed by atoms with Crippen LogP contribution in [0.2, 0.25) is 0 Å². The maximum absolute atomic E-state index is 11.5. The van der Waals surface area contributed by atoms with Crippen LogP contribution in [0.15, 0.2) is 16.7 Å². The summed E-state index contributed by atoms with van der Waals surface area (Å²) in [6.45, 7) is 4.26. The SMILES string of the molecule is CCNC(=O)C(C)Nc1ncc(N)cc1Br. The first-order valence-electron chi connectivity index (χ1n) is 4.99. The van der Waals surface area contributed by atoms with E-state index in [2.05, 4.69) is 31.5 Å². The van der Waals surface area contributed by atoms with Crippen molar-refractivity contribution in [3.8, 4) is 0 Å². The summed E-state index contributed by atoms with van der Waals surface area (Å²) in [4.78, 5) is 15.6. The van der Waals surface area contributed by atoms with Crippen LogP contribution in [0.1, 0.15) is 13.8 Å². The van der Waals surface area contributed by atoms with Crippen LogP contribution in [0.3, 0.4) is 0 Å². The highest BCUT2D eigenvalue weighted by molar-refractivity contribution is 9.10. The summed E-state index contributed by atoms with van der Waals surface area (Å²) in [6, 6.07) is 1.40. The molecular weight excluding hydrogens is 272 g/mol. The van der Waals surface area contributed by atoms with Crippen molar-refractivity contribution >= 4 is 33.3 Å². The molecule has 0 saturated heterocycles. The molecule has 1 amide bonds. The van der Waals surface area contributed by atoms with Crippen molar-refractivity contribution in [3.05, 3.63) is 16.7 Å². The molecule has 0 aliphatic carbocycles. The van der Waals surface area contributed by atoms with Crippen molar-refractivity contribution in [2.24, 2.45) is 0 Å². The van der Waals surface area contributed by atoms with E-state index in [1.165, 1.54) is 6.20 Å². The summed E-state index contributed by atoms with van der Waals surface area (Å²) >= 11 is 3.33. The fourth-order valence-corrected chi connectivity index (χ4v) is 1.64. The van der Waals surface area contributed by atoms with E-state index in [-0.39, 0.29) is 11.9 Å². The second-order valence-corrected chi connectivity index (χ2v) is 4.21. The zero-order chi connectivity index (χ0) is 12.1. The van der Waals surface area contributed by atoms with Gasteiger partial charge in [0.05, 0.1) is 16.4 Å². The predicted octanol–water partition coefficient (Wildman–Crippen LogP) is 1.36. The number of pyridine rings is 1. The lowest BCUT2D eigenvalue weighted by Crippen LogP contribution is -2.37. The van der Waals surface area contributed by atoms with E-state index in [1.54, 1.807) is 13.0 Å². The molecule has 4 N–H and O–H groups in total. The smallest absolute Gasteiger partial charge is 0.242 e. The topological polar surface area (TPSA) is 80.0 Å². The lowest BCUT2D eigenvalue weighted by Gasteiger charge is -2.14. The van der Waals surface area contributed by atoms with E-state index >= 15 is 0 Å². The molecule has 88 valence electrons. The van der Waals surface area contributed by atoms with Gasteiger partial charge in [0, 0.05) is 6.54 Å². The lowest BCUT2D eigenvalue weighted by atomic mass is 10.3. The maximum atomic E-state index is 11.5. The van der Waals surface area contributed by atoms with Crippen molar-refractivity contribution in [1.82, 2.24) is 10.3 Å². The average molecular weight is 287 g/mol. The van der Waals surface area contributed by atoms with Crippen molar-refractivity contribution in [2.45, 2.75) is 19.9 Å². The Morgan fingerprint density at radius 1 is 1.69 bits per heavy atom. The van der Waals surface area contributed by atoms with Crippen LogP contribution in [0.5, 0.6) is 0 Å². The number of likely N-dealkylation sites (N-methyl/N-ethyl adjacent to an activating group) is 1. The van der Waals surface area contributed by atoms with Gasteiger partial charge in [0.15, 0.2) is 0 Å². The van der Waals surface area contributed by atoms with Crippen LogP contribution >= 0.6 is 15.9 Å². The third-order valence-corrected chi connectivity index (χ3v) is 2.56. The Hall–Kier alpha value is -1.30. The van der Waals surface area contributed by atoms with E-state index < -0.39 is 0 Å². The number of rotatable bonds is 4. The third kappa shape index (κ3) is 3.37. The number of halogens is 1. The molecule has 6 heteroatoms. The normalized spacial score (nSPS) is 11.9. The van der Waals surface area contributed by atoms with Gasteiger partial charge in [-0.15, -0.1) is 0 Å². The first-order valence-corrected chi connectivity index (χ1v) is 5.79. The standard InChI is InChI=1S/C10H15BrN4O/c1-3-13-10(16)6(2)15-9-8(11)4-7(12)5-14-9/h4-6H,3,12H2,1-2H3,(H,13,16)(H,14,15). The van der Waals surface area contributed by atoms with Gasteiger partial charge in [-0.3, -0.25) is 4.79 Å². The van der Waals surface area contributed by atoms with Crippen molar-refractivity contribution in [2.75, 3.05) is 17.6 Å². The summed E-state index contributed by atoms with van der Waals surface area (Å²) in [5.41, 5.74) is 6.14. The Labute approximate surface area is 103 Å². The minimum Gasteiger partial charge on any atom is -0.397 e. The highest BCUT2D eigenvalue weighted by atomic mass is 79.9. The van der Waals surface area contributed by atoms with Gasteiger partial charge >= 0.3 is 0 Å². The molecule has 0 aliphatic heterocycles. The van der Waals surface area contributed by atoms with Gasteiger partial charge in [-0.25, -0.2) is 4.98 Å². The quantitative estimate of drug-likeness (QED) is 0.781. The number of carbonyl (C=O) groups excluding carboxylic acids is 1. The van der Waals surface area contributed by atoms with E-state index in [9.17, 15) is 4.79 Å². The number of hydrogen-bond acceptors (Lipinski definition) is 4. The number of nitrogens with zero attached hydrogens (tertiary/aromatic N) is 1. The Bertz CT molecular complexity index is 383. The van der Waals surface area contributed by atoms with Gasteiger partial charge in [-0.2, -0.15) is 0 Å². The molecule has 0 bridgehead atoms. The summed E-state index contributed by atoms with van der Waals surface area (Å²) in [7, 11) is 0. The molecule has 1 aromatic heterocycles.